The zero-order valence-corrected chi connectivity index (χ0v) is 19.5. The van der Waals surface area contributed by atoms with Gasteiger partial charge in [-0.1, -0.05) is 35.4 Å². The van der Waals surface area contributed by atoms with Crippen molar-refractivity contribution in [1.82, 2.24) is 8.87 Å². The van der Waals surface area contributed by atoms with Gasteiger partial charge in [0.15, 0.2) is 4.80 Å². The predicted octanol–water partition coefficient (Wildman–Crippen LogP) is 4.41. The number of thiophene rings is 1. The number of hydrogen-bond donors (Lipinski definition) is 0. The Balaban J connectivity index is 1.75. The van der Waals surface area contributed by atoms with Gasteiger partial charge in [0.25, 0.3) is 15.9 Å². The fourth-order valence-electron chi connectivity index (χ4n) is 3.60. The van der Waals surface area contributed by atoms with Gasteiger partial charge in [0.05, 0.1) is 14.6 Å². The lowest BCUT2D eigenvalue weighted by atomic mass is 10.0. The number of carbonyl (C=O) groups excluding carboxylic acids is 1. The Morgan fingerprint density at radius 3 is 2.81 bits per heavy atom. The number of rotatable bonds is 5. The summed E-state index contributed by atoms with van der Waals surface area (Å²) in [5, 5.41) is 0. The van der Waals surface area contributed by atoms with Crippen molar-refractivity contribution in [3.8, 4) is 0 Å². The average molecular weight is 500 g/mol. The summed E-state index contributed by atoms with van der Waals surface area (Å²) in [6.45, 7) is 4.37. The van der Waals surface area contributed by atoms with Crippen LogP contribution in [0.25, 0.3) is 10.2 Å². The molecule has 0 bridgehead atoms. The summed E-state index contributed by atoms with van der Waals surface area (Å²) >= 11 is 8.07. The molecule has 0 saturated carbocycles. The first-order valence-corrected chi connectivity index (χ1v) is 13.0. The first-order valence-electron chi connectivity index (χ1n) is 9.57. The number of fused-ring (bicyclic) bond motifs is 1. The van der Waals surface area contributed by atoms with Crippen LogP contribution in [0.3, 0.4) is 0 Å². The highest BCUT2D eigenvalue weighted by molar-refractivity contribution is 7.91. The molecule has 1 fully saturated rings. The van der Waals surface area contributed by atoms with Gasteiger partial charge in [-0.2, -0.15) is 9.30 Å². The molecule has 0 N–H and O–H groups in total. The van der Waals surface area contributed by atoms with Gasteiger partial charge < -0.3 is 4.57 Å². The van der Waals surface area contributed by atoms with Crippen LogP contribution in [-0.2, 0) is 21.4 Å². The Kier molecular flexibility index (Phi) is 6.45. The number of thiazole rings is 1. The van der Waals surface area contributed by atoms with E-state index in [-0.39, 0.29) is 16.6 Å². The SMILES string of the molecule is C=CCn1c(=NC(=O)C2CCCCN2S(=O)(=O)c2ccc(Cl)s2)sc2cc(F)ccc21. The lowest BCUT2D eigenvalue weighted by Gasteiger charge is -2.31. The first kappa shape index (κ1) is 22.3. The topological polar surface area (TPSA) is 71.7 Å². The van der Waals surface area contributed by atoms with E-state index in [4.69, 9.17) is 11.6 Å². The van der Waals surface area contributed by atoms with Crippen molar-refractivity contribution >= 4 is 60.4 Å². The molecule has 11 heteroatoms. The molecule has 1 unspecified atom stereocenters. The fraction of sp³-hybridized carbons (Fsp3) is 0.300. The van der Waals surface area contributed by atoms with Gasteiger partial charge >= 0.3 is 0 Å². The second kappa shape index (κ2) is 8.95. The van der Waals surface area contributed by atoms with E-state index in [9.17, 15) is 17.6 Å². The monoisotopic (exact) mass is 499 g/mol. The van der Waals surface area contributed by atoms with Gasteiger partial charge in [0.2, 0.25) is 0 Å². The number of amides is 1. The number of hydrogen-bond acceptors (Lipinski definition) is 5. The highest BCUT2D eigenvalue weighted by Gasteiger charge is 2.38. The third kappa shape index (κ3) is 4.40. The maximum absolute atomic E-state index is 13.7. The molecule has 0 spiro atoms. The van der Waals surface area contributed by atoms with Gasteiger partial charge in [-0.05, 0) is 43.2 Å². The highest BCUT2D eigenvalue weighted by Crippen LogP contribution is 2.32. The Morgan fingerprint density at radius 2 is 2.10 bits per heavy atom. The number of benzene rings is 1. The van der Waals surface area contributed by atoms with Crippen molar-refractivity contribution in [2.45, 2.75) is 36.1 Å². The van der Waals surface area contributed by atoms with Crippen molar-refractivity contribution < 1.29 is 17.6 Å². The molecular formula is C20H19ClFN3O3S3. The molecule has 1 aromatic carbocycles. The smallest absolute Gasteiger partial charge is 0.266 e. The molecular weight excluding hydrogens is 481 g/mol. The summed E-state index contributed by atoms with van der Waals surface area (Å²) in [4.78, 5) is 17.8. The molecule has 4 rings (SSSR count). The summed E-state index contributed by atoms with van der Waals surface area (Å²) < 4.78 is 44.1. The van der Waals surface area contributed by atoms with Gasteiger partial charge in [0, 0.05) is 13.1 Å². The Hall–Kier alpha value is -1.85. The number of carbonyl (C=O) groups is 1. The molecule has 3 aromatic rings. The van der Waals surface area contributed by atoms with E-state index in [1.54, 1.807) is 16.7 Å². The Morgan fingerprint density at radius 1 is 1.29 bits per heavy atom. The fourth-order valence-corrected chi connectivity index (χ4v) is 7.93. The molecule has 1 aliphatic heterocycles. The van der Waals surface area contributed by atoms with Crippen LogP contribution in [0.15, 0.2) is 52.2 Å². The van der Waals surface area contributed by atoms with E-state index in [0.29, 0.717) is 33.2 Å². The molecule has 1 amide bonds. The quantitative estimate of drug-likeness (QED) is 0.488. The minimum atomic E-state index is -3.86. The van der Waals surface area contributed by atoms with E-state index in [1.165, 1.54) is 39.9 Å². The van der Waals surface area contributed by atoms with Crippen LogP contribution in [0.1, 0.15) is 19.3 Å². The molecule has 1 atom stereocenters. The molecule has 2 aromatic heterocycles. The van der Waals surface area contributed by atoms with Crippen molar-refractivity contribution in [2.75, 3.05) is 6.54 Å². The standard InChI is InChI=1S/C20H19ClFN3O3S3/c1-2-10-24-14-7-6-13(22)12-16(14)29-20(24)23-19(26)15-5-3-4-11-25(15)31(27,28)18-9-8-17(21)30-18/h2,6-9,12,15H,1,3-5,10-11H2. The number of sulfonamides is 1. The number of halogens is 2. The van der Waals surface area contributed by atoms with Crippen molar-refractivity contribution in [2.24, 2.45) is 4.99 Å². The summed E-state index contributed by atoms with van der Waals surface area (Å²) in [6, 6.07) is 6.46. The Bertz CT molecular complexity index is 1330. The average Bonchev–Trinajstić information content (AvgIpc) is 3.32. The summed E-state index contributed by atoms with van der Waals surface area (Å²) in [5.74, 6) is -0.910. The molecule has 0 aliphatic carbocycles. The van der Waals surface area contributed by atoms with Gasteiger partial charge in [0.1, 0.15) is 16.1 Å². The van der Waals surface area contributed by atoms with Crippen LogP contribution in [0.5, 0.6) is 0 Å². The van der Waals surface area contributed by atoms with Gasteiger partial charge in [-0.15, -0.1) is 17.9 Å². The van der Waals surface area contributed by atoms with Gasteiger partial charge in [-0.3, -0.25) is 4.79 Å². The van der Waals surface area contributed by atoms with Crippen LogP contribution in [0.2, 0.25) is 4.34 Å². The summed E-state index contributed by atoms with van der Waals surface area (Å²) in [6.07, 6.45) is 3.45. The minimum absolute atomic E-state index is 0.108. The van der Waals surface area contributed by atoms with Crippen molar-refractivity contribution in [1.29, 1.82) is 0 Å². The van der Waals surface area contributed by atoms with Gasteiger partial charge in [-0.25, -0.2) is 12.8 Å². The lowest BCUT2D eigenvalue weighted by Crippen LogP contribution is -2.47. The molecule has 164 valence electrons. The first-order chi connectivity index (χ1) is 14.8. The maximum atomic E-state index is 13.7. The van der Waals surface area contributed by atoms with Crippen molar-refractivity contribution in [3.63, 3.8) is 0 Å². The zero-order valence-electron chi connectivity index (χ0n) is 16.3. The van der Waals surface area contributed by atoms with E-state index in [1.807, 2.05) is 0 Å². The van der Waals surface area contributed by atoms with Crippen LogP contribution in [0.4, 0.5) is 4.39 Å². The number of aromatic nitrogens is 1. The second-order valence-electron chi connectivity index (χ2n) is 7.03. The molecule has 3 heterocycles. The normalized spacial score (nSPS) is 18.5. The van der Waals surface area contributed by atoms with Crippen LogP contribution in [0, 0.1) is 5.82 Å². The summed E-state index contributed by atoms with van der Waals surface area (Å²) in [5.41, 5.74) is 0.735. The lowest BCUT2D eigenvalue weighted by molar-refractivity contribution is -0.122. The Labute approximate surface area is 192 Å². The van der Waals surface area contributed by atoms with E-state index in [0.717, 1.165) is 23.3 Å². The predicted molar refractivity (Wildman–Crippen MR) is 121 cm³/mol. The zero-order chi connectivity index (χ0) is 22.2. The molecule has 6 nitrogen and oxygen atoms in total. The molecule has 1 saturated heterocycles. The summed E-state index contributed by atoms with van der Waals surface area (Å²) in [7, 11) is -3.86. The van der Waals surface area contributed by atoms with E-state index in [2.05, 4.69) is 11.6 Å². The number of piperidine rings is 1. The third-order valence-electron chi connectivity index (χ3n) is 5.01. The third-order valence-corrected chi connectivity index (χ3v) is 9.66. The minimum Gasteiger partial charge on any atom is -0.313 e. The maximum Gasteiger partial charge on any atom is 0.266 e. The highest BCUT2D eigenvalue weighted by atomic mass is 35.5. The molecule has 1 aliphatic rings. The van der Waals surface area contributed by atoms with Crippen molar-refractivity contribution in [3.05, 3.63) is 57.9 Å². The molecule has 0 radical (unpaired) electrons. The molecule has 31 heavy (non-hydrogen) atoms. The van der Waals surface area contributed by atoms with E-state index < -0.39 is 22.0 Å². The van der Waals surface area contributed by atoms with Crippen LogP contribution in [-0.4, -0.2) is 35.8 Å². The number of allylic oxidation sites excluding steroid dienone is 1. The largest absolute Gasteiger partial charge is 0.313 e. The second-order valence-corrected chi connectivity index (χ2v) is 11.9. The van der Waals surface area contributed by atoms with Crippen LogP contribution >= 0.6 is 34.3 Å². The van der Waals surface area contributed by atoms with Crippen LogP contribution < -0.4 is 4.80 Å². The van der Waals surface area contributed by atoms with E-state index >= 15 is 0 Å². The number of nitrogens with zero attached hydrogens (tertiary/aromatic N) is 3.